The maximum absolute atomic E-state index is 13.2. The van der Waals surface area contributed by atoms with E-state index in [0.717, 1.165) is 17.3 Å². The smallest absolute Gasteiger partial charge is 0.294 e. The summed E-state index contributed by atoms with van der Waals surface area (Å²) < 4.78 is 1.28. The molecule has 3 aromatic rings. The number of anilines is 1. The Morgan fingerprint density at radius 1 is 1.06 bits per heavy atom. The van der Waals surface area contributed by atoms with E-state index in [1.165, 1.54) is 22.9 Å². The van der Waals surface area contributed by atoms with Gasteiger partial charge in [0.25, 0.3) is 11.6 Å². The second-order valence-electron chi connectivity index (χ2n) is 8.82. The van der Waals surface area contributed by atoms with Gasteiger partial charge in [-0.2, -0.15) is 5.10 Å². The molecule has 1 aromatic carbocycles. The number of piperazine rings is 1. The number of hydrogen-bond acceptors (Lipinski definition) is 8. The van der Waals surface area contributed by atoms with Crippen molar-refractivity contribution in [3.8, 4) is 5.69 Å². The quantitative estimate of drug-likeness (QED) is 0.405. The van der Waals surface area contributed by atoms with Gasteiger partial charge in [-0.05, 0) is 19.9 Å². The molecule has 11 nitrogen and oxygen atoms in total. The summed E-state index contributed by atoms with van der Waals surface area (Å²) in [5, 5.41) is 15.7. The summed E-state index contributed by atoms with van der Waals surface area (Å²) in [6, 6.07) is 9.29. The molecule has 0 radical (unpaired) electrons. The van der Waals surface area contributed by atoms with Crippen molar-refractivity contribution in [1.82, 2.24) is 24.6 Å². The summed E-state index contributed by atoms with van der Waals surface area (Å²) in [5.74, 6) is 1.30. The lowest BCUT2D eigenvalue weighted by Crippen LogP contribution is -2.50. The summed E-state index contributed by atoms with van der Waals surface area (Å²) >= 11 is 0. The molecule has 0 atom stereocenters. The molecule has 1 fully saturated rings. The molecule has 1 saturated heterocycles. The van der Waals surface area contributed by atoms with Crippen molar-refractivity contribution in [2.75, 3.05) is 31.1 Å². The van der Waals surface area contributed by atoms with Crippen molar-refractivity contribution in [2.24, 2.45) is 0 Å². The van der Waals surface area contributed by atoms with Crippen LogP contribution in [0.25, 0.3) is 5.69 Å². The number of benzene rings is 1. The molecule has 0 N–H and O–H groups in total. The number of carbonyl (C=O) groups excluding carboxylic acids is 1. The molecule has 3 heterocycles. The lowest BCUT2D eigenvalue weighted by Gasteiger charge is -2.35. The van der Waals surface area contributed by atoms with Gasteiger partial charge in [0.2, 0.25) is 5.43 Å². The number of aromatic nitrogens is 4. The lowest BCUT2D eigenvalue weighted by molar-refractivity contribution is -0.384. The minimum Gasteiger partial charge on any atom is -0.353 e. The predicted octanol–water partition coefficient (Wildman–Crippen LogP) is 2.63. The van der Waals surface area contributed by atoms with E-state index in [4.69, 9.17) is 0 Å². The second kappa shape index (κ2) is 9.61. The maximum atomic E-state index is 13.2. The van der Waals surface area contributed by atoms with Gasteiger partial charge in [-0.1, -0.05) is 26.0 Å². The Kier molecular flexibility index (Phi) is 6.59. The van der Waals surface area contributed by atoms with Crippen molar-refractivity contribution in [3.05, 3.63) is 79.6 Å². The van der Waals surface area contributed by atoms with Crippen molar-refractivity contribution in [1.29, 1.82) is 0 Å². The van der Waals surface area contributed by atoms with E-state index < -0.39 is 16.3 Å². The predicted molar refractivity (Wildman–Crippen MR) is 130 cm³/mol. The molecule has 35 heavy (non-hydrogen) atoms. The summed E-state index contributed by atoms with van der Waals surface area (Å²) in [6.45, 7) is 9.50. The fraction of sp³-hybridized carbons (Fsp3) is 0.375. The van der Waals surface area contributed by atoms with Crippen LogP contribution < -0.4 is 10.3 Å². The van der Waals surface area contributed by atoms with Crippen molar-refractivity contribution in [3.63, 3.8) is 0 Å². The molecule has 11 heteroatoms. The van der Waals surface area contributed by atoms with E-state index in [-0.39, 0.29) is 23.0 Å². The first-order valence-electron chi connectivity index (χ1n) is 11.4. The molecular formula is C24H27N7O4. The SMILES string of the molecule is Cc1cc(N2CCN(C(=O)c3nn(-c4ccccc4[N+](=O)[O-])c(C)cc3=O)CC2)nc(C(C)C)n1. The topological polar surface area (TPSA) is 127 Å². The highest BCUT2D eigenvalue weighted by molar-refractivity contribution is 5.92. The Hall–Kier alpha value is -4.15. The van der Waals surface area contributed by atoms with Gasteiger partial charge >= 0.3 is 0 Å². The molecule has 0 bridgehead atoms. The highest BCUT2D eigenvalue weighted by Crippen LogP contribution is 2.23. The van der Waals surface area contributed by atoms with Crippen LogP contribution in [0.2, 0.25) is 0 Å². The van der Waals surface area contributed by atoms with Gasteiger partial charge in [0.05, 0.1) is 4.92 Å². The molecule has 182 valence electrons. The van der Waals surface area contributed by atoms with Crippen molar-refractivity contribution in [2.45, 2.75) is 33.6 Å². The number of nitro groups is 1. The highest BCUT2D eigenvalue weighted by atomic mass is 16.6. The van der Waals surface area contributed by atoms with Crippen molar-refractivity contribution < 1.29 is 9.72 Å². The first kappa shape index (κ1) is 24.0. The standard InChI is InChI=1S/C24H27N7O4/c1-15(2)23-25-16(3)13-21(26-23)28-9-11-29(12-10-28)24(33)22-20(32)14-17(4)30(27-22)18-7-5-6-8-19(18)31(34)35/h5-8,13-15H,9-12H2,1-4H3. The van der Waals surface area contributed by atoms with Crippen LogP contribution in [-0.4, -0.2) is 61.7 Å². The monoisotopic (exact) mass is 477 g/mol. The Morgan fingerprint density at radius 3 is 2.40 bits per heavy atom. The van der Waals surface area contributed by atoms with Crippen LogP contribution in [0.15, 0.2) is 41.2 Å². The molecular weight excluding hydrogens is 450 g/mol. The summed E-state index contributed by atoms with van der Waals surface area (Å²) in [6.07, 6.45) is 0. The van der Waals surface area contributed by atoms with Crippen LogP contribution in [0.5, 0.6) is 0 Å². The number of aryl methyl sites for hydroxylation is 2. The number of amides is 1. The maximum Gasteiger partial charge on any atom is 0.294 e. The Morgan fingerprint density at radius 2 is 1.74 bits per heavy atom. The number of nitro benzene ring substituents is 1. The van der Waals surface area contributed by atoms with E-state index in [2.05, 4.69) is 20.0 Å². The van der Waals surface area contributed by atoms with Gasteiger partial charge < -0.3 is 9.80 Å². The van der Waals surface area contributed by atoms with Crippen LogP contribution in [0.4, 0.5) is 11.5 Å². The minimum absolute atomic E-state index is 0.167. The van der Waals surface area contributed by atoms with E-state index in [1.807, 2.05) is 26.8 Å². The van der Waals surface area contributed by atoms with E-state index in [9.17, 15) is 19.7 Å². The van der Waals surface area contributed by atoms with Gasteiger partial charge in [-0.25, -0.2) is 14.6 Å². The van der Waals surface area contributed by atoms with Gasteiger partial charge in [-0.3, -0.25) is 19.7 Å². The van der Waals surface area contributed by atoms with Gasteiger partial charge in [-0.15, -0.1) is 0 Å². The Labute approximate surface area is 202 Å². The summed E-state index contributed by atoms with van der Waals surface area (Å²) in [4.78, 5) is 49.7. The van der Waals surface area contributed by atoms with Crippen LogP contribution in [0, 0.1) is 24.0 Å². The van der Waals surface area contributed by atoms with Crippen LogP contribution >= 0.6 is 0 Å². The zero-order chi connectivity index (χ0) is 25.3. The molecule has 2 aromatic heterocycles. The summed E-state index contributed by atoms with van der Waals surface area (Å²) in [5.41, 5.74) is 0.524. The van der Waals surface area contributed by atoms with Gasteiger partial charge in [0.1, 0.15) is 17.3 Å². The molecule has 0 aliphatic carbocycles. The molecule has 1 aliphatic rings. The lowest BCUT2D eigenvalue weighted by atomic mass is 10.2. The molecule has 1 aliphatic heterocycles. The van der Waals surface area contributed by atoms with Crippen LogP contribution in [0.3, 0.4) is 0 Å². The average molecular weight is 478 g/mol. The van der Waals surface area contributed by atoms with E-state index in [0.29, 0.717) is 31.9 Å². The first-order valence-corrected chi connectivity index (χ1v) is 11.4. The number of para-hydroxylation sites is 2. The number of rotatable bonds is 5. The summed E-state index contributed by atoms with van der Waals surface area (Å²) in [7, 11) is 0. The van der Waals surface area contributed by atoms with Crippen LogP contribution in [0.1, 0.15) is 47.5 Å². The van der Waals surface area contributed by atoms with E-state index >= 15 is 0 Å². The van der Waals surface area contributed by atoms with Crippen LogP contribution in [-0.2, 0) is 0 Å². The first-order chi connectivity index (χ1) is 16.7. The van der Waals surface area contributed by atoms with Gasteiger partial charge in [0, 0.05) is 61.7 Å². The zero-order valence-electron chi connectivity index (χ0n) is 20.1. The number of carbonyl (C=O) groups is 1. The number of hydrogen-bond donors (Lipinski definition) is 0. The largest absolute Gasteiger partial charge is 0.353 e. The molecule has 1 amide bonds. The third-order valence-electron chi connectivity index (χ3n) is 5.88. The Bertz CT molecular complexity index is 1340. The molecule has 0 spiro atoms. The minimum atomic E-state index is -0.519. The third-order valence-corrected chi connectivity index (χ3v) is 5.88. The fourth-order valence-corrected chi connectivity index (χ4v) is 4.02. The van der Waals surface area contributed by atoms with Gasteiger partial charge in [0.15, 0.2) is 5.69 Å². The highest BCUT2D eigenvalue weighted by Gasteiger charge is 2.27. The van der Waals surface area contributed by atoms with Crippen molar-refractivity contribution >= 4 is 17.4 Å². The molecule has 0 saturated carbocycles. The third kappa shape index (κ3) is 4.88. The average Bonchev–Trinajstić information content (AvgIpc) is 2.83. The fourth-order valence-electron chi connectivity index (χ4n) is 4.02. The molecule has 4 rings (SSSR count). The Balaban J connectivity index is 1.57. The normalized spacial score (nSPS) is 13.9. The second-order valence-corrected chi connectivity index (χ2v) is 8.82. The zero-order valence-corrected chi connectivity index (χ0v) is 20.1. The molecule has 0 unspecified atom stereocenters. The number of nitrogens with zero attached hydrogens (tertiary/aromatic N) is 7. The van der Waals surface area contributed by atoms with E-state index in [1.54, 1.807) is 24.0 Å².